The lowest BCUT2D eigenvalue weighted by molar-refractivity contribution is -0.115. The van der Waals surface area contributed by atoms with Crippen LogP contribution in [0.25, 0.3) is 0 Å². The molecule has 3 N–H and O–H groups in total. The molecule has 0 aliphatic heterocycles. The van der Waals surface area contributed by atoms with Crippen molar-refractivity contribution in [3.8, 4) is 0 Å². The zero-order valence-electron chi connectivity index (χ0n) is 15.6. The van der Waals surface area contributed by atoms with Crippen molar-refractivity contribution in [3.05, 3.63) is 99.5 Å². The van der Waals surface area contributed by atoms with E-state index in [4.69, 9.17) is 23.2 Å². The van der Waals surface area contributed by atoms with E-state index in [0.29, 0.717) is 32.4 Å². The number of nitrogens with one attached hydrogen (secondary N) is 3. The Balaban J connectivity index is 1.53. The summed E-state index contributed by atoms with van der Waals surface area (Å²) in [5.74, 6) is -1.16. The van der Waals surface area contributed by atoms with E-state index < -0.39 is 11.8 Å². The number of halogens is 2. The smallest absolute Gasteiger partial charge is 0.269 e. The molecule has 0 heterocycles. The highest BCUT2D eigenvalue weighted by atomic mass is 35.5. The highest BCUT2D eigenvalue weighted by Crippen LogP contribution is 2.21. The van der Waals surface area contributed by atoms with Crippen LogP contribution in [-0.4, -0.2) is 17.7 Å². The Kier molecular flexibility index (Phi) is 7.06. The molecule has 0 aromatic heterocycles. The van der Waals surface area contributed by atoms with E-state index in [0.717, 1.165) is 0 Å². The lowest BCUT2D eigenvalue weighted by Gasteiger charge is -2.09. The van der Waals surface area contributed by atoms with E-state index in [-0.39, 0.29) is 12.3 Å². The van der Waals surface area contributed by atoms with Crippen molar-refractivity contribution < 1.29 is 14.4 Å². The average molecular weight is 442 g/mol. The van der Waals surface area contributed by atoms with Gasteiger partial charge < -0.3 is 5.32 Å². The van der Waals surface area contributed by atoms with Crippen LogP contribution in [0.2, 0.25) is 10.0 Å². The van der Waals surface area contributed by atoms with Crippen LogP contribution in [0.3, 0.4) is 0 Å². The summed E-state index contributed by atoms with van der Waals surface area (Å²) < 4.78 is 0. The van der Waals surface area contributed by atoms with Crippen molar-refractivity contribution in [2.24, 2.45) is 0 Å². The van der Waals surface area contributed by atoms with Crippen LogP contribution in [0.15, 0.2) is 72.8 Å². The fourth-order valence-corrected chi connectivity index (χ4v) is 3.07. The number of carbonyl (C=O) groups is 3. The number of amides is 3. The molecule has 0 bridgehead atoms. The minimum atomic E-state index is -0.481. The van der Waals surface area contributed by atoms with Gasteiger partial charge in [0.15, 0.2) is 0 Å². The Labute approximate surface area is 183 Å². The number of hydrogen-bond acceptors (Lipinski definition) is 3. The summed E-state index contributed by atoms with van der Waals surface area (Å²) in [6.07, 6.45) is 0.0871. The maximum atomic E-state index is 12.2. The minimum Gasteiger partial charge on any atom is -0.326 e. The number of carbonyl (C=O) groups excluding carboxylic acids is 3. The van der Waals surface area contributed by atoms with Gasteiger partial charge in [-0.15, -0.1) is 0 Å². The normalized spacial score (nSPS) is 10.2. The maximum Gasteiger partial charge on any atom is 0.269 e. The van der Waals surface area contributed by atoms with Gasteiger partial charge in [-0.25, -0.2) is 0 Å². The first kappa shape index (κ1) is 21.4. The average Bonchev–Trinajstić information content (AvgIpc) is 2.75. The summed E-state index contributed by atoms with van der Waals surface area (Å²) in [6, 6.07) is 19.7. The summed E-state index contributed by atoms with van der Waals surface area (Å²) in [6.45, 7) is 0. The van der Waals surface area contributed by atoms with Crippen molar-refractivity contribution >= 4 is 46.6 Å². The topological polar surface area (TPSA) is 87.3 Å². The molecule has 3 aromatic carbocycles. The largest absolute Gasteiger partial charge is 0.326 e. The van der Waals surface area contributed by atoms with Crippen LogP contribution in [0.5, 0.6) is 0 Å². The van der Waals surface area contributed by atoms with Crippen LogP contribution in [0, 0.1) is 0 Å². The first-order valence-electron chi connectivity index (χ1n) is 8.92. The van der Waals surface area contributed by atoms with Crippen molar-refractivity contribution in [2.45, 2.75) is 6.42 Å². The van der Waals surface area contributed by atoms with Crippen LogP contribution < -0.4 is 16.2 Å². The van der Waals surface area contributed by atoms with Crippen molar-refractivity contribution in [1.82, 2.24) is 10.9 Å². The molecule has 0 aliphatic rings. The number of hydrogen-bond donors (Lipinski definition) is 3. The van der Waals surface area contributed by atoms with Crippen LogP contribution >= 0.6 is 23.2 Å². The minimum absolute atomic E-state index is 0.0871. The fourth-order valence-electron chi connectivity index (χ4n) is 2.60. The quantitative estimate of drug-likeness (QED) is 0.517. The first-order chi connectivity index (χ1) is 14.4. The van der Waals surface area contributed by atoms with E-state index in [2.05, 4.69) is 16.2 Å². The number of hydrazine groups is 1. The molecule has 3 rings (SSSR count). The third-order valence-electron chi connectivity index (χ3n) is 4.12. The molecule has 152 valence electrons. The first-order valence-corrected chi connectivity index (χ1v) is 9.67. The van der Waals surface area contributed by atoms with Crippen molar-refractivity contribution in [2.75, 3.05) is 5.32 Å². The Morgan fingerprint density at radius 3 is 1.93 bits per heavy atom. The van der Waals surface area contributed by atoms with Crippen molar-refractivity contribution in [1.29, 1.82) is 0 Å². The fraction of sp³-hybridized carbons (Fsp3) is 0.0455. The molecule has 0 aliphatic carbocycles. The standard InChI is InChI=1S/C22H17Cl2N3O3/c23-17-9-6-16(19(24)13-17)12-20(28)25-18-10-7-15(8-11-18)22(30)27-26-21(29)14-4-2-1-3-5-14/h1-11,13H,12H2,(H,25,28)(H,26,29)(H,27,30). The number of benzene rings is 3. The van der Waals surface area contributed by atoms with Crippen LogP contribution in [0.4, 0.5) is 5.69 Å². The molecule has 3 amide bonds. The van der Waals surface area contributed by atoms with Gasteiger partial charge in [0.1, 0.15) is 0 Å². The molecule has 8 heteroatoms. The van der Waals surface area contributed by atoms with Gasteiger partial charge in [-0.3, -0.25) is 25.2 Å². The van der Waals surface area contributed by atoms with E-state index >= 15 is 0 Å². The molecule has 0 unspecified atom stereocenters. The number of rotatable bonds is 5. The van der Waals surface area contributed by atoms with Gasteiger partial charge in [-0.05, 0) is 54.1 Å². The van der Waals surface area contributed by atoms with E-state index in [1.807, 2.05) is 0 Å². The lowest BCUT2D eigenvalue weighted by atomic mass is 10.1. The second kappa shape index (κ2) is 9.91. The summed E-state index contributed by atoms with van der Waals surface area (Å²) in [4.78, 5) is 36.4. The Bertz CT molecular complexity index is 1070. The molecular formula is C22H17Cl2N3O3. The Morgan fingerprint density at radius 2 is 1.33 bits per heavy atom. The molecule has 0 saturated heterocycles. The van der Waals surface area contributed by atoms with Crippen molar-refractivity contribution in [3.63, 3.8) is 0 Å². The zero-order chi connectivity index (χ0) is 21.5. The highest BCUT2D eigenvalue weighted by Gasteiger charge is 2.11. The van der Waals surface area contributed by atoms with Gasteiger partial charge in [-0.1, -0.05) is 47.5 Å². The predicted molar refractivity (Wildman–Crippen MR) is 117 cm³/mol. The van der Waals surface area contributed by atoms with Gasteiger partial charge in [0.25, 0.3) is 11.8 Å². The lowest BCUT2D eigenvalue weighted by Crippen LogP contribution is -2.41. The van der Waals surface area contributed by atoms with E-state index in [1.165, 1.54) is 12.1 Å². The van der Waals surface area contributed by atoms with Gasteiger partial charge in [0.05, 0.1) is 6.42 Å². The molecule has 0 atom stereocenters. The predicted octanol–water partition coefficient (Wildman–Crippen LogP) is 4.25. The zero-order valence-corrected chi connectivity index (χ0v) is 17.1. The molecule has 6 nitrogen and oxygen atoms in total. The molecule has 30 heavy (non-hydrogen) atoms. The molecule has 0 spiro atoms. The summed E-state index contributed by atoms with van der Waals surface area (Å²) in [5.41, 5.74) is 6.63. The SMILES string of the molecule is O=C(Cc1ccc(Cl)cc1Cl)Nc1ccc(C(=O)NNC(=O)c2ccccc2)cc1. The maximum absolute atomic E-state index is 12.2. The van der Waals surface area contributed by atoms with Crippen LogP contribution in [0.1, 0.15) is 26.3 Å². The molecule has 0 saturated carbocycles. The Hall–Kier alpha value is -3.35. The summed E-state index contributed by atoms with van der Waals surface area (Å²) in [7, 11) is 0. The molecule has 0 fully saturated rings. The van der Waals surface area contributed by atoms with Crippen LogP contribution in [-0.2, 0) is 11.2 Å². The monoisotopic (exact) mass is 441 g/mol. The van der Waals surface area contributed by atoms with Gasteiger partial charge in [-0.2, -0.15) is 0 Å². The van der Waals surface area contributed by atoms with E-state index in [1.54, 1.807) is 60.7 Å². The second-order valence-corrected chi connectivity index (χ2v) is 7.16. The molecule has 3 aromatic rings. The third-order valence-corrected chi connectivity index (χ3v) is 4.71. The summed E-state index contributed by atoms with van der Waals surface area (Å²) >= 11 is 11.9. The van der Waals surface area contributed by atoms with E-state index in [9.17, 15) is 14.4 Å². The van der Waals surface area contributed by atoms with Gasteiger partial charge in [0, 0.05) is 26.9 Å². The number of anilines is 1. The molecular weight excluding hydrogens is 425 g/mol. The third kappa shape index (κ3) is 5.83. The molecule has 0 radical (unpaired) electrons. The highest BCUT2D eigenvalue weighted by molar-refractivity contribution is 6.35. The Morgan fingerprint density at radius 1 is 0.733 bits per heavy atom. The second-order valence-electron chi connectivity index (χ2n) is 6.31. The van der Waals surface area contributed by atoms with Gasteiger partial charge >= 0.3 is 0 Å². The summed E-state index contributed by atoms with van der Waals surface area (Å²) in [5, 5.41) is 3.65. The van der Waals surface area contributed by atoms with Gasteiger partial charge in [0.2, 0.25) is 5.91 Å².